The summed E-state index contributed by atoms with van der Waals surface area (Å²) in [7, 11) is 0. The van der Waals surface area contributed by atoms with Crippen LogP contribution in [0.1, 0.15) is 20.3 Å². The van der Waals surface area contributed by atoms with Gasteiger partial charge < -0.3 is 5.23 Å². The Bertz CT molecular complexity index is 151. The largest absolute Gasteiger partial charge is 0.430 e. The minimum absolute atomic E-state index is 0.551. The predicted molar refractivity (Wildman–Crippen MR) is 46.9 cm³/mol. The van der Waals surface area contributed by atoms with Gasteiger partial charge in [-0.25, -0.2) is 0 Å². The van der Waals surface area contributed by atoms with Gasteiger partial charge in [-0.05, 0) is 18.1 Å². The zero-order valence-electron chi connectivity index (χ0n) is 6.67. The van der Waals surface area contributed by atoms with Gasteiger partial charge in [0.05, 0.1) is 0 Å². The van der Waals surface area contributed by atoms with E-state index in [4.69, 9.17) is 0 Å². The van der Waals surface area contributed by atoms with Crippen LogP contribution >= 0.6 is 0 Å². The molecule has 0 saturated heterocycles. The Kier molecular flexibility index (Phi) is 2.61. The molecular formula is C8H14BN. The van der Waals surface area contributed by atoms with Gasteiger partial charge in [0.25, 0.3) is 6.85 Å². The smallest absolute Gasteiger partial charge is 0.281 e. The molecule has 1 aliphatic heterocycles. The normalized spacial score (nSPS) is 18.8. The third-order valence-electron chi connectivity index (χ3n) is 2.07. The van der Waals surface area contributed by atoms with Crippen molar-refractivity contribution in [3.63, 3.8) is 0 Å². The molecule has 10 heavy (non-hydrogen) atoms. The average Bonchev–Trinajstić information content (AvgIpc) is 2.05. The van der Waals surface area contributed by atoms with E-state index in [1.807, 2.05) is 12.3 Å². The molecule has 1 nitrogen and oxygen atoms in total. The summed E-state index contributed by atoms with van der Waals surface area (Å²) in [6.07, 6.45) is 7.37. The van der Waals surface area contributed by atoms with Gasteiger partial charge >= 0.3 is 0 Å². The van der Waals surface area contributed by atoms with Gasteiger partial charge in [-0.3, -0.25) is 0 Å². The van der Waals surface area contributed by atoms with Crippen molar-refractivity contribution in [3.8, 4) is 0 Å². The average molecular weight is 135 g/mol. The van der Waals surface area contributed by atoms with E-state index in [0.29, 0.717) is 6.85 Å². The summed E-state index contributed by atoms with van der Waals surface area (Å²) in [5.41, 5.74) is 0. The first-order chi connectivity index (χ1) is 4.84. The van der Waals surface area contributed by atoms with Crippen molar-refractivity contribution in [2.75, 3.05) is 0 Å². The van der Waals surface area contributed by atoms with Crippen LogP contribution in [0.25, 0.3) is 0 Å². The fourth-order valence-corrected chi connectivity index (χ4v) is 1.07. The van der Waals surface area contributed by atoms with Crippen molar-refractivity contribution < 1.29 is 0 Å². The molecule has 1 N–H and O–H groups in total. The molecule has 0 spiro atoms. The Morgan fingerprint density at radius 3 is 2.80 bits per heavy atom. The summed E-state index contributed by atoms with van der Waals surface area (Å²) in [5.74, 6) is 2.95. The third-order valence-corrected chi connectivity index (χ3v) is 2.07. The molecular weight excluding hydrogens is 121 g/mol. The molecule has 0 saturated carbocycles. The maximum atomic E-state index is 3.30. The number of hydrogen-bond acceptors (Lipinski definition) is 1. The topological polar surface area (TPSA) is 12.0 Å². The molecule has 0 radical (unpaired) electrons. The van der Waals surface area contributed by atoms with Crippen LogP contribution in [-0.4, -0.2) is 6.85 Å². The van der Waals surface area contributed by atoms with E-state index in [0.717, 1.165) is 5.82 Å². The summed E-state index contributed by atoms with van der Waals surface area (Å²) in [6.45, 7) is 5.04. The highest BCUT2D eigenvalue weighted by atomic mass is 14.7. The maximum absolute atomic E-state index is 3.30. The number of allylic oxidation sites excluding steroid dienone is 2. The van der Waals surface area contributed by atoms with E-state index in [9.17, 15) is 0 Å². The molecule has 1 rings (SSSR count). The van der Waals surface area contributed by atoms with Gasteiger partial charge in [0.2, 0.25) is 0 Å². The molecule has 1 heterocycles. The summed E-state index contributed by atoms with van der Waals surface area (Å²) in [4.78, 5) is 0. The van der Waals surface area contributed by atoms with Gasteiger partial charge in [0.15, 0.2) is 0 Å². The maximum Gasteiger partial charge on any atom is 0.281 e. The standard InChI is InChI=1S/C8H14BN/c1-3-8(2)9-6-4-5-7-10-9/h4-8,10H,3H2,1-2H3. The molecule has 1 atom stereocenters. The lowest BCUT2D eigenvalue weighted by Crippen LogP contribution is -2.32. The molecule has 0 bridgehead atoms. The van der Waals surface area contributed by atoms with Crippen LogP contribution in [0.15, 0.2) is 24.3 Å². The van der Waals surface area contributed by atoms with Crippen molar-refractivity contribution in [1.82, 2.24) is 5.23 Å². The van der Waals surface area contributed by atoms with Crippen molar-refractivity contribution in [1.29, 1.82) is 0 Å². The second kappa shape index (κ2) is 3.50. The number of nitrogens with one attached hydrogen (secondary N) is 1. The van der Waals surface area contributed by atoms with E-state index < -0.39 is 0 Å². The minimum atomic E-state index is 0.551. The van der Waals surface area contributed by atoms with E-state index in [2.05, 4.69) is 31.1 Å². The molecule has 1 aliphatic rings. The van der Waals surface area contributed by atoms with Gasteiger partial charge in [0, 0.05) is 0 Å². The summed E-state index contributed by atoms with van der Waals surface area (Å²) >= 11 is 0. The molecule has 0 fully saturated rings. The number of hydrogen-bond donors (Lipinski definition) is 1. The Balaban J connectivity index is 2.42. The third kappa shape index (κ3) is 1.66. The first-order valence-corrected chi connectivity index (χ1v) is 3.94. The van der Waals surface area contributed by atoms with Gasteiger partial charge in [-0.2, -0.15) is 0 Å². The van der Waals surface area contributed by atoms with Gasteiger partial charge in [-0.15, -0.1) is 0 Å². The van der Waals surface area contributed by atoms with Crippen LogP contribution in [0, 0.1) is 0 Å². The Morgan fingerprint density at radius 2 is 2.30 bits per heavy atom. The van der Waals surface area contributed by atoms with E-state index in [1.54, 1.807) is 0 Å². The lowest BCUT2D eigenvalue weighted by Gasteiger charge is -2.17. The van der Waals surface area contributed by atoms with Crippen LogP contribution in [0.3, 0.4) is 0 Å². The molecule has 1 unspecified atom stereocenters. The summed E-state index contributed by atoms with van der Waals surface area (Å²) < 4.78 is 0. The molecule has 0 amide bonds. The zero-order chi connectivity index (χ0) is 7.40. The first-order valence-electron chi connectivity index (χ1n) is 3.94. The first kappa shape index (κ1) is 7.45. The highest BCUT2D eigenvalue weighted by molar-refractivity contribution is 6.63. The molecule has 0 aromatic carbocycles. The van der Waals surface area contributed by atoms with Gasteiger partial charge in [-0.1, -0.05) is 32.3 Å². The fraction of sp³-hybridized carbons (Fsp3) is 0.500. The molecule has 0 aromatic rings. The SMILES string of the molecule is CCC(C)B1C=CC=CN1. The molecule has 2 heteroatoms. The van der Waals surface area contributed by atoms with Crippen molar-refractivity contribution in [2.24, 2.45) is 0 Å². The van der Waals surface area contributed by atoms with Crippen LogP contribution in [-0.2, 0) is 0 Å². The predicted octanol–water partition coefficient (Wildman–Crippen LogP) is 1.99. The Hall–Kier alpha value is -0.655. The highest BCUT2D eigenvalue weighted by Gasteiger charge is 2.16. The Morgan fingerprint density at radius 1 is 1.50 bits per heavy atom. The summed E-state index contributed by atoms with van der Waals surface area (Å²) in [5, 5.41) is 3.30. The Labute approximate surface area is 63.3 Å². The van der Waals surface area contributed by atoms with Gasteiger partial charge in [0.1, 0.15) is 0 Å². The lowest BCUT2D eigenvalue weighted by molar-refractivity contribution is 0.846. The van der Waals surface area contributed by atoms with E-state index in [-0.39, 0.29) is 0 Å². The van der Waals surface area contributed by atoms with Crippen LogP contribution in [0.4, 0.5) is 0 Å². The zero-order valence-corrected chi connectivity index (χ0v) is 6.67. The van der Waals surface area contributed by atoms with Crippen LogP contribution < -0.4 is 5.23 Å². The quantitative estimate of drug-likeness (QED) is 0.571. The molecule has 0 aliphatic carbocycles. The van der Waals surface area contributed by atoms with Crippen LogP contribution in [0.5, 0.6) is 0 Å². The minimum Gasteiger partial charge on any atom is -0.430 e. The van der Waals surface area contributed by atoms with Crippen LogP contribution in [0.2, 0.25) is 5.82 Å². The molecule has 54 valence electrons. The fourth-order valence-electron chi connectivity index (χ4n) is 1.07. The van der Waals surface area contributed by atoms with E-state index in [1.165, 1.54) is 6.42 Å². The monoisotopic (exact) mass is 135 g/mol. The summed E-state index contributed by atoms with van der Waals surface area (Å²) in [6, 6.07) is 0. The van der Waals surface area contributed by atoms with Crippen molar-refractivity contribution in [3.05, 3.63) is 24.3 Å². The van der Waals surface area contributed by atoms with Crippen molar-refractivity contribution in [2.45, 2.75) is 26.1 Å². The second-order valence-electron chi connectivity index (χ2n) is 2.82. The van der Waals surface area contributed by atoms with E-state index >= 15 is 0 Å². The number of rotatable bonds is 2. The van der Waals surface area contributed by atoms with Crippen molar-refractivity contribution >= 4 is 6.85 Å². The highest BCUT2D eigenvalue weighted by Crippen LogP contribution is 2.13. The molecule has 0 aromatic heterocycles. The second-order valence-corrected chi connectivity index (χ2v) is 2.82. The lowest BCUT2D eigenvalue weighted by atomic mass is 9.50.